The van der Waals surface area contributed by atoms with Crippen molar-refractivity contribution in [2.24, 2.45) is 0 Å². The molecule has 1 saturated carbocycles. The molecule has 2 N–H and O–H groups in total. The molecule has 1 aliphatic carbocycles. The zero-order valence-corrected chi connectivity index (χ0v) is 17.4. The monoisotopic (exact) mass is 414 g/mol. The predicted molar refractivity (Wildman–Crippen MR) is 113 cm³/mol. The third kappa shape index (κ3) is 5.81. The SMILES string of the molecule is O=C(CN1CC[C@H](c2cc(CCOc3ccc(F)cc3)[nH]n2)C1)NC1CCCCC1. The van der Waals surface area contributed by atoms with Gasteiger partial charge in [-0.25, -0.2) is 4.39 Å². The molecule has 1 saturated heterocycles. The highest BCUT2D eigenvalue weighted by Gasteiger charge is 2.27. The minimum Gasteiger partial charge on any atom is -0.493 e. The highest BCUT2D eigenvalue weighted by molar-refractivity contribution is 5.78. The highest BCUT2D eigenvalue weighted by atomic mass is 19.1. The van der Waals surface area contributed by atoms with Crippen LogP contribution >= 0.6 is 0 Å². The lowest BCUT2D eigenvalue weighted by Gasteiger charge is -2.24. The lowest BCUT2D eigenvalue weighted by Crippen LogP contribution is -2.42. The fourth-order valence-corrected chi connectivity index (χ4v) is 4.47. The van der Waals surface area contributed by atoms with Gasteiger partial charge in [0.1, 0.15) is 11.6 Å². The largest absolute Gasteiger partial charge is 0.493 e. The van der Waals surface area contributed by atoms with E-state index in [-0.39, 0.29) is 11.7 Å². The lowest BCUT2D eigenvalue weighted by atomic mass is 9.95. The van der Waals surface area contributed by atoms with E-state index in [0.29, 0.717) is 37.3 Å². The lowest BCUT2D eigenvalue weighted by molar-refractivity contribution is -0.122. The number of ether oxygens (including phenoxy) is 1. The van der Waals surface area contributed by atoms with Crippen molar-refractivity contribution in [3.05, 3.63) is 47.5 Å². The van der Waals surface area contributed by atoms with E-state index < -0.39 is 0 Å². The van der Waals surface area contributed by atoms with Crippen LogP contribution in [0.4, 0.5) is 4.39 Å². The second kappa shape index (κ2) is 10.1. The van der Waals surface area contributed by atoms with Crippen molar-refractivity contribution in [1.29, 1.82) is 0 Å². The van der Waals surface area contributed by atoms with E-state index in [1.807, 2.05) is 0 Å². The number of nitrogens with zero attached hydrogens (tertiary/aromatic N) is 2. The average Bonchev–Trinajstić information content (AvgIpc) is 3.40. The van der Waals surface area contributed by atoms with Crippen molar-refractivity contribution in [3.63, 3.8) is 0 Å². The van der Waals surface area contributed by atoms with Crippen LogP contribution in [0.15, 0.2) is 30.3 Å². The number of aromatic nitrogens is 2. The maximum absolute atomic E-state index is 12.9. The van der Waals surface area contributed by atoms with Crippen molar-refractivity contribution >= 4 is 5.91 Å². The number of likely N-dealkylation sites (tertiary alicyclic amines) is 1. The summed E-state index contributed by atoms with van der Waals surface area (Å²) in [7, 11) is 0. The molecule has 6 nitrogen and oxygen atoms in total. The van der Waals surface area contributed by atoms with Gasteiger partial charge in [0.25, 0.3) is 0 Å². The van der Waals surface area contributed by atoms with Crippen molar-refractivity contribution in [2.45, 2.75) is 56.9 Å². The Morgan fingerprint density at radius 3 is 2.80 bits per heavy atom. The fraction of sp³-hybridized carbons (Fsp3) is 0.565. The molecule has 2 heterocycles. The maximum atomic E-state index is 12.9. The number of carbonyl (C=O) groups excluding carboxylic acids is 1. The van der Waals surface area contributed by atoms with Gasteiger partial charge >= 0.3 is 0 Å². The van der Waals surface area contributed by atoms with E-state index in [1.165, 1.54) is 31.4 Å². The number of halogens is 1. The van der Waals surface area contributed by atoms with Crippen LogP contribution in [0, 0.1) is 5.82 Å². The number of aromatic amines is 1. The molecule has 4 rings (SSSR count). The molecule has 1 aromatic heterocycles. The third-order valence-corrected chi connectivity index (χ3v) is 6.13. The first-order valence-corrected chi connectivity index (χ1v) is 11.1. The topological polar surface area (TPSA) is 70.2 Å². The summed E-state index contributed by atoms with van der Waals surface area (Å²) >= 11 is 0. The van der Waals surface area contributed by atoms with Gasteiger partial charge < -0.3 is 10.1 Å². The Morgan fingerprint density at radius 1 is 1.20 bits per heavy atom. The van der Waals surface area contributed by atoms with Crippen molar-refractivity contribution in [1.82, 2.24) is 20.4 Å². The van der Waals surface area contributed by atoms with E-state index in [1.54, 1.807) is 12.1 Å². The van der Waals surface area contributed by atoms with Gasteiger partial charge in [-0.3, -0.25) is 14.8 Å². The number of hydrogen-bond acceptors (Lipinski definition) is 4. The second-order valence-electron chi connectivity index (χ2n) is 8.49. The number of amides is 1. The van der Waals surface area contributed by atoms with Gasteiger partial charge in [0, 0.05) is 30.6 Å². The second-order valence-corrected chi connectivity index (χ2v) is 8.49. The molecule has 0 radical (unpaired) electrons. The van der Waals surface area contributed by atoms with E-state index >= 15 is 0 Å². The molecule has 30 heavy (non-hydrogen) atoms. The third-order valence-electron chi connectivity index (χ3n) is 6.13. The van der Waals surface area contributed by atoms with E-state index in [0.717, 1.165) is 43.7 Å². The van der Waals surface area contributed by atoms with Crippen LogP contribution in [0.25, 0.3) is 0 Å². The summed E-state index contributed by atoms with van der Waals surface area (Å²) in [5, 5.41) is 10.8. The van der Waals surface area contributed by atoms with Gasteiger partial charge in [0.15, 0.2) is 0 Å². The zero-order valence-electron chi connectivity index (χ0n) is 17.4. The number of H-pyrrole nitrogens is 1. The van der Waals surface area contributed by atoms with Gasteiger partial charge in [-0.05, 0) is 56.1 Å². The molecule has 2 fully saturated rings. The molecule has 1 aliphatic heterocycles. The number of rotatable bonds is 8. The van der Waals surface area contributed by atoms with Crippen molar-refractivity contribution in [3.8, 4) is 5.75 Å². The summed E-state index contributed by atoms with van der Waals surface area (Å²) in [6.45, 7) is 2.79. The first kappa shape index (κ1) is 20.8. The number of nitrogens with one attached hydrogen (secondary N) is 2. The molecule has 2 aromatic rings. The van der Waals surface area contributed by atoms with Crippen LogP contribution in [0.1, 0.15) is 55.8 Å². The van der Waals surface area contributed by atoms with Crippen LogP contribution < -0.4 is 10.1 Å². The molecule has 1 amide bonds. The standard InChI is InChI=1S/C23H31FN4O2/c24-18-6-8-21(9-7-18)30-13-11-20-14-22(27-26-20)17-10-12-28(15-17)16-23(29)25-19-4-2-1-3-5-19/h6-9,14,17,19H,1-5,10-13,15-16H2,(H,25,29)(H,26,27)/t17-/m0/s1. The van der Waals surface area contributed by atoms with Gasteiger partial charge in [-0.2, -0.15) is 5.10 Å². The first-order chi connectivity index (χ1) is 14.7. The molecule has 0 unspecified atom stereocenters. The Hall–Kier alpha value is -2.41. The summed E-state index contributed by atoms with van der Waals surface area (Å²) < 4.78 is 18.6. The number of hydrogen-bond donors (Lipinski definition) is 2. The summed E-state index contributed by atoms with van der Waals surface area (Å²) in [4.78, 5) is 14.6. The Bertz CT molecular complexity index is 817. The van der Waals surface area contributed by atoms with Crippen LogP contribution in [0.3, 0.4) is 0 Å². The Labute approximate surface area is 177 Å². The molecule has 0 bridgehead atoms. The van der Waals surface area contributed by atoms with Gasteiger partial charge in [-0.15, -0.1) is 0 Å². The van der Waals surface area contributed by atoms with Crippen molar-refractivity contribution < 1.29 is 13.9 Å². The van der Waals surface area contributed by atoms with Gasteiger partial charge in [0.2, 0.25) is 5.91 Å². The van der Waals surface area contributed by atoms with Crippen LogP contribution in [-0.2, 0) is 11.2 Å². The molecule has 1 aromatic carbocycles. The number of benzene rings is 1. The number of carbonyl (C=O) groups is 1. The molecule has 2 aliphatic rings. The fourth-order valence-electron chi connectivity index (χ4n) is 4.47. The molecular weight excluding hydrogens is 383 g/mol. The van der Waals surface area contributed by atoms with E-state index in [9.17, 15) is 9.18 Å². The summed E-state index contributed by atoms with van der Waals surface area (Å²) in [6, 6.07) is 8.52. The average molecular weight is 415 g/mol. The van der Waals surface area contributed by atoms with Crippen LogP contribution in [0.2, 0.25) is 0 Å². The maximum Gasteiger partial charge on any atom is 0.234 e. The van der Waals surface area contributed by atoms with E-state index in [4.69, 9.17) is 4.74 Å². The zero-order chi connectivity index (χ0) is 20.8. The summed E-state index contributed by atoms with van der Waals surface area (Å²) in [6.07, 6.45) is 7.73. The van der Waals surface area contributed by atoms with Crippen LogP contribution in [-0.4, -0.2) is 53.3 Å². The Morgan fingerprint density at radius 2 is 2.00 bits per heavy atom. The molecule has 0 spiro atoms. The predicted octanol–water partition coefficient (Wildman–Crippen LogP) is 3.41. The van der Waals surface area contributed by atoms with Gasteiger partial charge in [-0.1, -0.05) is 19.3 Å². The quantitative estimate of drug-likeness (QED) is 0.695. The van der Waals surface area contributed by atoms with Gasteiger partial charge in [0.05, 0.1) is 18.8 Å². The molecular formula is C23H31FN4O2. The smallest absolute Gasteiger partial charge is 0.234 e. The minimum absolute atomic E-state index is 0.156. The minimum atomic E-state index is -0.266. The van der Waals surface area contributed by atoms with Crippen molar-refractivity contribution in [2.75, 3.05) is 26.2 Å². The molecule has 162 valence electrons. The summed E-state index contributed by atoms with van der Waals surface area (Å²) in [5.41, 5.74) is 2.09. The molecule has 7 heteroatoms. The van der Waals surface area contributed by atoms with Crippen LogP contribution in [0.5, 0.6) is 5.75 Å². The Kier molecular flexibility index (Phi) is 7.00. The summed E-state index contributed by atoms with van der Waals surface area (Å²) in [5.74, 6) is 0.908. The van der Waals surface area contributed by atoms with E-state index in [2.05, 4.69) is 26.5 Å². The molecule has 1 atom stereocenters. The highest BCUT2D eigenvalue weighted by Crippen LogP contribution is 2.26. The normalized spacial score (nSPS) is 20.4. The first-order valence-electron chi connectivity index (χ1n) is 11.1. The Balaban J connectivity index is 1.19.